The van der Waals surface area contributed by atoms with E-state index in [0.29, 0.717) is 13.0 Å². The Kier molecular flexibility index (Phi) is 11.3. The Labute approximate surface area is 203 Å². The van der Waals surface area contributed by atoms with Crippen LogP contribution in [0.1, 0.15) is 59.6 Å². The summed E-state index contributed by atoms with van der Waals surface area (Å²) in [7, 11) is 0. The van der Waals surface area contributed by atoms with Gasteiger partial charge in [0.25, 0.3) is 0 Å². The number of carbonyl (C=O) groups is 1. The van der Waals surface area contributed by atoms with Crippen molar-refractivity contribution in [1.29, 1.82) is 0 Å². The minimum atomic E-state index is -0.533. The van der Waals surface area contributed by atoms with E-state index >= 15 is 0 Å². The summed E-state index contributed by atoms with van der Waals surface area (Å²) in [6.07, 6.45) is 2.65. The third kappa shape index (κ3) is 12.0. The number of benzene rings is 2. The van der Waals surface area contributed by atoms with Crippen LogP contribution in [0.4, 0.5) is 4.79 Å². The Balaban J connectivity index is 0.00000182. The summed E-state index contributed by atoms with van der Waals surface area (Å²) < 4.78 is 11.3. The summed E-state index contributed by atoms with van der Waals surface area (Å²) in [6, 6.07) is 18.0. The van der Waals surface area contributed by atoms with Gasteiger partial charge in [0.05, 0.1) is 6.04 Å². The molecule has 0 aliphatic rings. The fourth-order valence-corrected chi connectivity index (χ4v) is 2.88. The van der Waals surface area contributed by atoms with Crippen LogP contribution in [0.3, 0.4) is 0 Å². The molecule has 34 heavy (non-hydrogen) atoms. The molecule has 6 heteroatoms. The van der Waals surface area contributed by atoms with Crippen LogP contribution in [0.2, 0.25) is 0 Å². The maximum atomic E-state index is 12.4. The van der Waals surface area contributed by atoms with Gasteiger partial charge in [-0.3, -0.25) is 0 Å². The Morgan fingerprint density at radius 3 is 2.00 bits per heavy atom. The second-order valence-corrected chi connectivity index (χ2v) is 10.1. The number of alkyl carbamates (subject to hydrolysis) is 1. The minimum absolute atomic E-state index is 0.0308. The fraction of sp³-hybridized carbons (Fsp3) is 0.429. The number of allylic oxidation sites excluding steroid dienone is 1. The lowest BCUT2D eigenvalue weighted by molar-refractivity contribution is -0.191. The van der Waals surface area contributed by atoms with Crippen LogP contribution in [0.25, 0.3) is 0 Å². The van der Waals surface area contributed by atoms with Gasteiger partial charge in [0.1, 0.15) is 18.0 Å². The lowest BCUT2D eigenvalue weighted by Crippen LogP contribution is -2.39. The van der Waals surface area contributed by atoms with E-state index in [1.807, 2.05) is 75.4 Å². The average Bonchev–Trinajstić information content (AvgIpc) is 2.72. The van der Waals surface area contributed by atoms with Crippen molar-refractivity contribution in [3.8, 4) is 5.75 Å². The highest BCUT2D eigenvalue weighted by Crippen LogP contribution is 2.25. The molecule has 1 amide bonds. The van der Waals surface area contributed by atoms with E-state index in [4.69, 9.17) is 19.1 Å². The molecule has 0 radical (unpaired) electrons. The Hall–Kier alpha value is -3.37. The second-order valence-electron chi connectivity index (χ2n) is 10.1. The molecule has 6 nitrogen and oxygen atoms in total. The van der Waals surface area contributed by atoms with Crippen LogP contribution >= 0.6 is 0 Å². The molecule has 0 aliphatic heterocycles. The predicted molar refractivity (Wildman–Crippen MR) is 132 cm³/mol. The average molecular weight is 468 g/mol. The molecule has 1 atom stereocenters. The van der Waals surface area contributed by atoms with Crippen molar-refractivity contribution in [3.63, 3.8) is 0 Å². The molecule has 2 rings (SSSR count). The lowest BCUT2D eigenvalue weighted by atomic mass is 9.86. The number of hydrogen-bond acceptors (Lipinski definition) is 5. The van der Waals surface area contributed by atoms with Crippen molar-refractivity contribution in [2.45, 2.75) is 73.1 Å². The van der Waals surface area contributed by atoms with Crippen LogP contribution < -0.4 is 10.1 Å². The summed E-state index contributed by atoms with van der Waals surface area (Å²) in [5, 5.41) is 3.02. The van der Waals surface area contributed by atoms with Gasteiger partial charge in [0.15, 0.2) is 0 Å². The molecule has 0 unspecified atom stereocenters. The van der Waals surface area contributed by atoms with Gasteiger partial charge in [-0.1, -0.05) is 74.9 Å². The zero-order chi connectivity index (χ0) is 25.8. The van der Waals surface area contributed by atoms with Gasteiger partial charge in [0, 0.05) is 0 Å². The summed E-state index contributed by atoms with van der Waals surface area (Å²) in [5.74, 6) is 0.825. The monoisotopic (exact) mass is 467 g/mol. The highest BCUT2D eigenvalue weighted by molar-refractivity contribution is 5.68. The van der Waals surface area contributed by atoms with Crippen molar-refractivity contribution < 1.29 is 23.9 Å². The van der Waals surface area contributed by atoms with E-state index < -0.39 is 11.7 Å². The molecular formula is C28H37NO5. The van der Waals surface area contributed by atoms with Gasteiger partial charge in [-0.15, -0.1) is 0 Å². The maximum Gasteiger partial charge on any atom is 0.408 e. The standard InChI is InChI=1S/C27H37NO3.CO2/c1-20(26(2,3)4)17-23(28-25(29)31-27(5,6)7)18-21-13-15-24(16-14-21)30-19-22-11-9-8-10-12-22;2-1-3/h8-17,23H,18-19H2,1-7H3,(H,28,29);/b20-17-;/t23-;/m1./s1. The first-order valence-corrected chi connectivity index (χ1v) is 11.3. The molecule has 0 saturated carbocycles. The quantitative estimate of drug-likeness (QED) is 0.497. The van der Waals surface area contributed by atoms with E-state index in [2.05, 4.69) is 39.1 Å². The first-order valence-electron chi connectivity index (χ1n) is 11.3. The molecule has 0 spiro atoms. The first-order chi connectivity index (χ1) is 15.8. The van der Waals surface area contributed by atoms with E-state index in [0.717, 1.165) is 16.9 Å². The zero-order valence-corrected chi connectivity index (χ0v) is 21.3. The van der Waals surface area contributed by atoms with Gasteiger partial charge in [0.2, 0.25) is 0 Å². The molecular weight excluding hydrogens is 430 g/mol. The van der Waals surface area contributed by atoms with Gasteiger partial charge >= 0.3 is 12.2 Å². The van der Waals surface area contributed by atoms with Crippen LogP contribution in [0, 0.1) is 5.41 Å². The number of ether oxygens (including phenoxy) is 2. The predicted octanol–water partition coefficient (Wildman–Crippen LogP) is 6.11. The number of nitrogens with one attached hydrogen (secondary N) is 1. The molecule has 2 aromatic rings. The SMILES string of the molecule is C/C(=C/[C@H](Cc1ccc(OCc2ccccc2)cc1)NC(=O)OC(C)(C)C)C(C)(C)C.O=C=O. The third-order valence-corrected chi connectivity index (χ3v) is 4.96. The van der Waals surface area contributed by atoms with Crippen LogP contribution in [0.15, 0.2) is 66.2 Å². The van der Waals surface area contributed by atoms with Crippen LogP contribution in [-0.4, -0.2) is 23.9 Å². The summed E-state index contributed by atoms with van der Waals surface area (Å²) in [4.78, 5) is 28.6. The van der Waals surface area contributed by atoms with Crippen molar-refractivity contribution in [3.05, 3.63) is 77.4 Å². The molecule has 0 bridgehead atoms. The number of hydrogen-bond donors (Lipinski definition) is 1. The lowest BCUT2D eigenvalue weighted by Gasteiger charge is -2.25. The Morgan fingerprint density at radius 2 is 1.50 bits per heavy atom. The van der Waals surface area contributed by atoms with Crippen molar-refractivity contribution in [2.24, 2.45) is 5.41 Å². The Bertz CT molecular complexity index is 945. The highest BCUT2D eigenvalue weighted by Gasteiger charge is 2.21. The largest absolute Gasteiger partial charge is 0.489 e. The molecule has 2 aromatic carbocycles. The van der Waals surface area contributed by atoms with Crippen LogP contribution in [0.5, 0.6) is 5.75 Å². The van der Waals surface area contributed by atoms with Gasteiger partial charge in [-0.2, -0.15) is 9.59 Å². The molecule has 0 saturated heterocycles. The van der Waals surface area contributed by atoms with E-state index in [-0.39, 0.29) is 17.6 Å². The second kappa shape index (κ2) is 13.4. The van der Waals surface area contributed by atoms with Gasteiger partial charge in [-0.25, -0.2) is 4.79 Å². The number of rotatable bonds is 7. The topological polar surface area (TPSA) is 81.7 Å². The Morgan fingerprint density at radius 1 is 0.941 bits per heavy atom. The van der Waals surface area contributed by atoms with Gasteiger partial charge < -0.3 is 14.8 Å². The summed E-state index contributed by atoms with van der Waals surface area (Å²) in [5.41, 5.74) is 2.97. The van der Waals surface area contributed by atoms with E-state index in [9.17, 15) is 4.79 Å². The third-order valence-electron chi connectivity index (χ3n) is 4.96. The smallest absolute Gasteiger partial charge is 0.408 e. The van der Waals surface area contributed by atoms with Crippen LogP contribution in [-0.2, 0) is 27.4 Å². The van der Waals surface area contributed by atoms with Crippen molar-refractivity contribution in [1.82, 2.24) is 5.32 Å². The van der Waals surface area contributed by atoms with Crippen molar-refractivity contribution in [2.75, 3.05) is 0 Å². The first kappa shape index (κ1) is 28.7. The molecule has 0 aliphatic carbocycles. The minimum Gasteiger partial charge on any atom is -0.489 e. The molecule has 0 aromatic heterocycles. The highest BCUT2D eigenvalue weighted by atomic mass is 16.6. The molecule has 1 N–H and O–H groups in total. The molecule has 0 fully saturated rings. The normalized spacial score (nSPS) is 12.5. The van der Waals surface area contributed by atoms with Gasteiger partial charge in [-0.05, 0) is 62.8 Å². The maximum absolute atomic E-state index is 12.4. The van der Waals surface area contributed by atoms with E-state index in [1.165, 1.54) is 5.57 Å². The summed E-state index contributed by atoms with van der Waals surface area (Å²) in [6.45, 7) is 14.7. The molecule has 184 valence electrons. The zero-order valence-electron chi connectivity index (χ0n) is 21.3. The van der Waals surface area contributed by atoms with E-state index in [1.54, 1.807) is 0 Å². The number of carbonyl (C=O) groups excluding carboxylic acids is 3. The molecule has 0 heterocycles. The fourth-order valence-electron chi connectivity index (χ4n) is 2.88. The number of amides is 1. The summed E-state index contributed by atoms with van der Waals surface area (Å²) >= 11 is 0. The van der Waals surface area contributed by atoms with Crippen molar-refractivity contribution >= 4 is 12.2 Å².